The van der Waals surface area contributed by atoms with Gasteiger partial charge < -0.3 is 23.0 Å². The van der Waals surface area contributed by atoms with Gasteiger partial charge in [0.05, 0.1) is 17.4 Å². The number of hydrogen-bond acceptors (Lipinski definition) is 6. The molecule has 1 aromatic carbocycles. The summed E-state index contributed by atoms with van der Waals surface area (Å²) in [6.07, 6.45) is 3.44. The summed E-state index contributed by atoms with van der Waals surface area (Å²) in [6, 6.07) is 4.26. The van der Waals surface area contributed by atoms with Gasteiger partial charge in [0.2, 0.25) is 8.32 Å². The van der Waals surface area contributed by atoms with E-state index in [0.29, 0.717) is 5.92 Å². The standard InChI is InChI=1S/C32H56N2O5Si2/c1-30(2,3)28(38-40(10)11)26-25(39-41(12,13)32(7,8)9)17-15-23-24(33-37-27(23)26)16-14-22-18-20-34(21-19-22)29(35)36-31(4,5)6/h15,17,22,28,40H,14,16,18-21H2,1-13H3. The lowest BCUT2D eigenvalue weighted by atomic mass is 9.83. The predicted molar refractivity (Wildman–Crippen MR) is 173 cm³/mol. The first-order valence-corrected chi connectivity index (χ1v) is 21.1. The van der Waals surface area contributed by atoms with Crippen LogP contribution in [-0.4, -0.2) is 52.2 Å². The van der Waals surface area contributed by atoms with Crippen LogP contribution < -0.4 is 4.43 Å². The quantitative estimate of drug-likeness (QED) is 0.280. The molecule has 1 amide bonds. The third-order valence-electron chi connectivity index (χ3n) is 8.40. The minimum Gasteiger partial charge on any atom is -0.543 e. The van der Waals surface area contributed by atoms with E-state index < -0.39 is 23.0 Å². The van der Waals surface area contributed by atoms with E-state index in [4.69, 9.17) is 18.1 Å². The molecule has 41 heavy (non-hydrogen) atoms. The number of ether oxygens (including phenoxy) is 1. The number of hydrogen-bond donors (Lipinski definition) is 0. The first-order chi connectivity index (χ1) is 18.7. The Hall–Kier alpha value is -1.85. The van der Waals surface area contributed by atoms with Gasteiger partial charge in [-0.25, -0.2) is 4.79 Å². The molecule has 0 bridgehead atoms. The molecular formula is C32H56N2O5Si2. The zero-order valence-electron chi connectivity index (χ0n) is 28.1. The topological polar surface area (TPSA) is 74.0 Å². The third-order valence-corrected chi connectivity index (χ3v) is 13.6. The number of likely N-dealkylation sites (tertiary alicyclic amines) is 1. The molecular weight excluding hydrogens is 549 g/mol. The van der Waals surface area contributed by atoms with Gasteiger partial charge in [-0.05, 0) is 101 Å². The molecule has 0 N–H and O–H groups in total. The Morgan fingerprint density at radius 3 is 2.20 bits per heavy atom. The van der Waals surface area contributed by atoms with Crippen LogP contribution >= 0.6 is 0 Å². The molecule has 232 valence electrons. The Bertz CT molecular complexity index is 1180. The van der Waals surface area contributed by atoms with Crippen molar-refractivity contribution in [1.29, 1.82) is 0 Å². The van der Waals surface area contributed by atoms with Crippen LogP contribution in [0.4, 0.5) is 4.79 Å². The lowest BCUT2D eigenvalue weighted by Crippen LogP contribution is -2.44. The molecule has 2 heterocycles. The van der Waals surface area contributed by atoms with Crippen molar-refractivity contribution in [1.82, 2.24) is 10.1 Å². The maximum atomic E-state index is 12.5. The summed E-state index contributed by atoms with van der Waals surface area (Å²) in [5.74, 6) is 1.41. The minimum absolute atomic E-state index is 0.0652. The number of benzene rings is 1. The summed E-state index contributed by atoms with van der Waals surface area (Å²) in [7, 11) is -3.49. The molecule has 0 spiro atoms. The van der Waals surface area contributed by atoms with Crippen LogP contribution in [0.5, 0.6) is 5.75 Å². The Labute approximate surface area is 251 Å². The second-order valence-electron chi connectivity index (χ2n) is 15.7. The number of nitrogens with zero attached hydrogens (tertiary/aromatic N) is 2. The largest absolute Gasteiger partial charge is 0.543 e. The van der Waals surface area contributed by atoms with Crippen LogP contribution in [0.25, 0.3) is 11.0 Å². The molecule has 1 unspecified atom stereocenters. The van der Waals surface area contributed by atoms with Gasteiger partial charge in [-0.3, -0.25) is 0 Å². The van der Waals surface area contributed by atoms with Crippen LogP contribution in [0.15, 0.2) is 16.7 Å². The molecule has 0 saturated carbocycles. The van der Waals surface area contributed by atoms with E-state index in [0.717, 1.165) is 66.7 Å². The van der Waals surface area contributed by atoms with Crippen molar-refractivity contribution >= 4 is 34.4 Å². The monoisotopic (exact) mass is 604 g/mol. The number of aryl methyl sites for hydroxylation is 1. The van der Waals surface area contributed by atoms with E-state index in [2.05, 4.69) is 85.0 Å². The Kier molecular flexibility index (Phi) is 10.2. The number of carbonyl (C=O) groups excluding carboxylic acids is 1. The molecule has 9 heteroatoms. The lowest BCUT2D eigenvalue weighted by molar-refractivity contribution is 0.0181. The summed E-state index contributed by atoms with van der Waals surface area (Å²) in [5.41, 5.74) is 2.18. The van der Waals surface area contributed by atoms with Crippen molar-refractivity contribution in [3.63, 3.8) is 0 Å². The highest BCUT2D eigenvalue weighted by molar-refractivity contribution is 6.74. The highest BCUT2D eigenvalue weighted by atomic mass is 28.4. The second-order valence-corrected chi connectivity index (χ2v) is 22.8. The van der Waals surface area contributed by atoms with E-state index in [9.17, 15) is 4.79 Å². The van der Waals surface area contributed by atoms with Gasteiger partial charge in [-0.15, -0.1) is 0 Å². The van der Waals surface area contributed by atoms with E-state index in [-0.39, 0.29) is 22.7 Å². The van der Waals surface area contributed by atoms with Crippen molar-refractivity contribution < 1.29 is 22.9 Å². The van der Waals surface area contributed by atoms with Crippen molar-refractivity contribution in [3.8, 4) is 5.75 Å². The Balaban J connectivity index is 1.87. The normalized spacial score (nSPS) is 16.9. The van der Waals surface area contributed by atoms with Gasteiger partial charge in [0.25, 0.3) is 0 Å². The average Bonchev–Trinajstić information content (AvgIpc) is 3.22. The molecule has 0 aliphatic carbocycles. The van der Waals surface area contributed by atoms with E-state index in [1.165, 1.54) is 0 Å². The van der Waals surface area contributed by atoms with Crippen molar-refractivity contribution in [3.05, 3.63) is 23.4 Å². The van der Waals surface area contributed by atoms with Crippen molar-refractivity contribution in [2.45, 2.75) is 131 Å². The zero-order chi connectivity index (χ0) is 31.0. The maximum absolute atomic E-state index is 12.5. The number of fused-ring (bicyclic) bond motifs is 1. The van der Waals surface area contributed by atoms with Crippen LogP contribution in [-0.2, 0) is 15.6 Å². The SMILES string of the molecule is C[SiH](C)OC(c1c(O[Si](C)(C)C(C)(C)C)ccc2c(CCC3CCN(C(=O)OC(C)(C)C)CC3)noc12)C(C)(C)C. The maximum Gasteiger partial charge on any atom is 0.410 e. The number of carbonyl (C=O) groups is 1. The molecule has 1 aliphatic heterocycles. The summed E-state index contributed by atoms with van der Waals surface area (Å²) in [6.45, 7) is 29.7. The van der Waals surface area contributed by atoms with Crippen molar-refractivity contribution in [2.24, 2.45) is 11.3 Å². The first kappa shape index (κ1) is 33.7. The summed E-state index contributed by atoms with van der Waals surface area (Å²) in [5, 5.41) is 5.72. The second kappa shape index (κ2) is 12.4. The number of piperidine rings is 1. The Morgan fingerprint density at radius 1 is 1.07 bits per heavy atom. The minimum atomic E-state index is -2.11. The zero-order valence-corrected chi connectivity index (χ0v) is 30.2. The smallest absolute Gasteiger partial charge is 0.410 e. The van der Waals surface area contributed by atoms with E-state index >= 15 is 0 Å². The molecule has 2 aromatic rings. The summed E-state index contributed by atoms with van der Waals surface area (Å²) >= 11 is 0. The number of amides is 1. The average molecular weight is 605 g/mol. The molecule has 1 atom stereocenters. The van der Waals surface area contributed by atoms with Crippen LogP contribution in [0.3, 0.4) is 0 Å². The lowest BCUT2D eigenvalue weighted by Gasteiger charge is -2.39. The molecule has 0 radical (unpaired) electrons. The fourth-order valence-electron chi connectivity index (χ4n) is 5.05. The number of rotatable bonds is 8. The highest BCUT2D eigenvalue weighted by Gasteiger charge is 2.41. The first-order valence-electron chi connectivity index (χ1n) is 15.4. The highest BCUT2D eigenvalue weighted by Crippen LogP contribution is 2.47. The van der Waals surface area contributed by atoms with Crippen LogP contribution in [0.1, 0.15) is 98.9 Å². The van der Waals surface area contributed by atoms with Gasteiger partial charge in [0, 0.05) is 18.5 Å². The molecule has 3 rings (SSSR count). The van der Waals surface area contributed by atoms with Gasteiger partial charge in [-0.1, -0.05) is 46.7 Å². The van der Waals surface area contributed by atoms with Gasteiger partial charge in [0.15, 0.2) is 14.6 Å². The van der Waals surface area contributed by atoms with Crippen LogP contribution in [0.2, 0.25) is 31.2 Å². The Morgan fingerprint density at radius 2 is 1.68 bits per heavy atom. The molecule has 7 nitrogen and oxygen atoms in total. The fourth-order valence-corrected chi connectivity index (χ4v) is 7.17. The van der Waals surface area contributed by atoms with Crippen molar-refractivity contribution in [2.75, 3.05) is 13.1 Å². The molecule has 1 saturated heterocycles. The van der Waals surface area contributed by atoms with Gasteiger partial charge >= 0.3 is 6.09 Å². The molecule has 1 aromatic heterocycles. The fraction of sp³-hybridized carbons (Fsp3) is 0.750. The van der Waals surface area contributed by atoms with Gasteiger partial charge in [0.1, 0.15) is 11.4 Å². The number of aromatic nitrogens is 1. The third kappa shape index (κ3) is 8.60. The van der Waals surface area contributed by atoms with E-state index in [1.54, 1.807) is 0 Å². The summed E-state index contributed by atoms with van der Waals surface area (Å²) in [4.78, 5) is 14.3. The molecule has 1 fully saturated rings. The summed E-state index contributed by atoms with van der Waals surface area (Å²) < 4.78 is 25.4. The molecule has 1 aliphatic rings. The van der Waals surface area contributed by atoms with Crippen LogP contribution in [0, 0.1) is 11.3 Å². The predicted octanol–water partition coefficient (Wildman–Crippen LogP) is 8.88. The van der Waals surface area contributed by atoms with Gasteiger partial charge in [-0.2, -0.15) is 0 Å². The van der Waals surface area contributed by atoms with E-state index in [1.807, 2.05) is 25.7 Å².